The fourth-order valence-corrected chi connectivity index (χ4v) is 4.09. The first kappa shape index (κ1) is 22.8. The zero-order valence-electron chi connectivity index (χ0n) is 19.2. The number of benzene rings is 1. The summed E-state index contributed by atoms with van der Waals surface area (Å²) in [7, 11) is 2.69. The number of aromatic amines is 1. The van der Waals surface area contributed by atoms with E-state index in [9.17, 15) is 19.7 Å². The molecule has 13 heteroatoms. The molecule has 0 bridgehead atoms. The van der Waals surface area contributed by atoms with Gasteiger partial charge in [-0.15, -0.1) is 0 Å². The van der Waals surface area contributed by atoms with Crippen molar-refractivity contribution < 1.29 is 23.6 Å². The van der Waals surface area contributed by atoms with Crippen LogP contribution in [0.2, 0.25) is 0 Å². The van der Waals surface area contributed by atoms with Crippen molar-refractivity contribution in [2.45, 2.75) is 19.3 Å². The number of nitrogens with zero attached hydrogens (tertiary/aromatic N) is 4. The van der Waals surface area contributed by atoms with Gasteiger partial charge in [0.2, 0.25) is 5.95 Å². The number of hydrogen-bond acceptors (Lipinski definition) is 9. The number of ether oxygens (including phenoxy) is 2. The average Bonchev–Trinajstić information content (AvgIpc) is 3.63. The van der Waals surface area contributed by atoms with Crippen LogP contribution in [0.3, 0.4) is 0 Å². The Morgan fingerprint density at radius 2 is 2.00 bits per heavy atom. The molecule has 0 aliphatic heterocycles. The molecule has 0 saturated heterocycles. The Kier molecular flexibility index (Phi) is 5.72. The summed E-state index contributed by atoms with van der Waals surface area (Å²) in [5.74, 6) is 0.0452. The van der Waals surface area contributed by atoms with Crippen molar-refractivity contribution in [2.24, 2.45) is 0 Å². The Balaban J connectivity index is 1.60. The van der Waals surface area contributed by atoms with Crippen molar-refractivity contribution in [3.8, 4) is 28.9 Å². The molecule has 1 aromatic carbocycles. The minimum absolute atomic E-state index is 0.0931. The molecule has 0 spiro atoms. The number of amides is 1. The summed E-state index contributed by atoms with van der Waals surface area (Å²) in [6.07, 6.45) is 3.58. The monoisotopic (exact) mass is 492 g/mol. The Hall–Kier alpha value is -4.94. The predicted molar refractivity (Wildman–Crippen MR) is 126 cm³/mol. The number of rotatable bonds is 7. The second-order valence-corrected chi connectivity index (χ2v) is 7.91. The number of carbonyl (C=O) groups excluding carboxylic acids is 1. The highest BCUT2D eigenvalue weighted by Crippen LogP contribution is 2.35. The van der Waals surface area contributed by atoms with E-state index in [2.05, 4.69) is 20.4 Å². The fraction of sp³-hybridized carbons (Fsp3) is 0.217. The lowest BCUT2D eigenvalue weighted by atomic mass is 10.1. The van der Waals surface area contributed by atoms with E-state index in [4.69, 9.17) is 13.9 Å². The number of carbonyl (C=O) groups is 1. The number of nitrogens with one attached hydrogen (secondary N) is 2. The van der Waals surface area contributed by atoms with Crippen molar-refractivity contribution in [2.75, 3.05) is 19.5 Å². The van der Waals surface area contributed by atoms with Crippen LogP contribution in [0.25, 0.3) is 17.4 Å². The number of anilines is 1. The maximum Gasteiger partial charge on any atom is 0.286 e. The van der Waals surface area contributed by atoms with Crippen LogP contribution in [0.1, 0.15) is 28.0 Å². The SMILES string of the molecule is COc1cc(C(=O)Nc2cc(-c3ccco3)nn2-c2nc3c(c(=O)[nH]2)CCC3)c([N+](=O)[O-])cc1OC. The smallest absolute Gasteiger partial charge is 0.286 e. The summed E-state index contributed by atoms with van der Waals surface area (Å²) in [4.78, 5) is 44.1. The summed E-state index contributed by atoms with van der Waals surface area (Å²) < 4.78 is 17.0. The highest BCUT2D eigenvalue weighted by Gasteiger charge is 2.27. The van der Waals surface area contributed by atoms with Crippen molar-refractivity contribution in [1.29, 1.82) is 0 Å². The molecule has 5 rings (SSSR count). The van der Waals surface area contributed by atoms with Crippen LogP contribution in [0.15, 0.2) is 45.8 Å². The second kappa shape index (κ2) is 9.02. The van der Waals surface area contributed by atoms with E-state index in [0.717, 1.165) is 12.5 Å². The van der Waals surface area contributed by atoms with E-state index in [-0.39, 0.29) is 34.4 Å². The Morgan fingerprint density at radius 1 is 1.22 bits per heavy atom. The number of nitro groups is 1. The van der Waals surface area contributed by atoms with Crippen LogP contribution in [-0.4, -0.2) is 44.8 Å². The van der Waals surface area contributed by atoms with Gasteiger partial charge in [0.1, 0.15) is 17.1 Å². The van der Waals surface area contributed by atoms with Gasteiger partial charge in [0, 0.05) is 17.7 Å². The summed E-state index contributed by atoms with van der Waals surface area (Å²) in [5, 5.41) is 18.8. The van der Waals surface area contributed by atoms with E-state index in [1.807, 2.05) is 0 Å². The highest BCUT2D eigenvalue weighted by molar-refractivity contribution is 6.07. The molecule has 0 fully saturated rings. The van der Waals surface area contributed by atoms with Crippen LogP contribution in [-0.2, 0) is 12.8 Å². The van der Waals surface area contributed by atoms with Gasteiger partial charge in [-0.1, -0.05) is 0 Å². The van der Waals surface area contributed by atoms with Gasteiger partial charge in [-0.2, -0.15) is 9.78 Å². The van der Waals surface area contributed by atoms with Crippen LogP contribution in [0.5, 0.6) is 11.5 Å². The van der Waals surface area contributed by atoms with Gasteiger partial charge in [-0.3, -0.25) is 24.7 Å². The van der Waals surface area contributed by atoms with Crippen molar-refractivity contribution in [3.63, 3.8) is 0 Å². The van der Waals surface area contributed by atoms with Gasteiger partial charge < -0.3 is 19.2 Å². The predicted octanol–water partition coefficient (Wildman–Crippen LogP) is 2.88. The molecule has 0 radical (unpaired) electrons. The highest BCUT2D eigenvalue weighted by atomic mass is 16.6. The minimum atomic E-state index is -0.807. The maximum absolute atomic E-state index is 13.3. The topological polar surface area (TPSA) is 167 Å². The third-order valence-corrected chi connectivity index (χ3v) is 5.80. The summed E-state index contributed by atoms with van der Waals surface area (Å²) in [5.41, 5.74) is 0.614. The van der Waals surface area contributed by atoms with Crippen LogP contribution >= 0.6 is 0 Å². The Bertz CT molecular complexity index is 1540. The molecule has 0 atom stereocenters. The zero-order valence-corrected chi connectivity index (χ0v) is 19.2. The molecule has 13 nitrogen and oxygen atoms in total. The molecule has 3 aromatic heterocycles. The lowest BCUT2D eigenvalue weighted by Gasteiger charge is -2.12. The van der Waals surface area contributed by atoms with E-state index in [1.165, 1.54) is 37.3 Å². The first-order valence-electron chi connectivity index (χ1n) is 10.9. The average molecular weight is 492 g/mol. The summed E-state index contributed by atoms with van der Waals surface area (Å²) in [6.45, 7) is 0. The molecule has 4 aromatic rings. The number of methoxy groups -OCH3 is 2. The maximum atomic E-state index is 13.3. The molecule has 36 heavy (non-hydrogen) atoms. The Morgan fingerprint density at radius 3 is 2.69 bits per heavy atom. The molecule has 1 aliphatic carbocycles. The van der Waals surface area contributed by atoms with E-state index < -0.39 is 16.5 Å². The first-order valence-corrected chi connectivity index (χ1v) is 10.9. The number of aromatic nitrogens is 4. The van der Waals surface area contributed by atoms with E-state index in [0.29, 0.717) is 35.6 Å². The normalized spacial score (nSPS) is 12.3. The van der Waals surface area contributed by atoms with Gasteiger partial charge in [0.15, 0.2) is 17.3 Å². The van der Waals surface area contributed by atoms with E-state index >= 15 is 0 Å². The summed E-state index contributed by atoms with van der Waals surface area (Å²) >= 11 is 0. The standard InChI is InChI=1S/C23H20N6O7/c1-34-18-9-13(16(29(32)33)11-19(18)35-2)22(31)25-20-10-15(17-7-4-8-36-17)27-28(20)23-24-14-6-3-5-12(14)21(30)26-23/h4,7-11H,3,5-6H2,1-2H3,(H,25,31)(H,24,26,30). The van der Waals surface area contributed by atoms with Gasteiger partial charge in [0.05, 0.1) is 37.2 Å². The number of H-pyrrole nitrogens is 1. The second-order valence-electron chi connectivity index (χ2n) is 7.91. The number of hydrogen-bond donors (Lipinski definition) is 2. The van der Waals surface area contributed by atoms with Gasteiger partial charge in [0.25, 0.3) is 17.2 Å². The molecule has 3 heterocycles. The largest absolute Gasteiger partial charge is 0.493 e. The minimum Gasteiger partial charge on any atom is -0.493 e. The van der Waals surface area contributed by atoms with Crippen molar-refractivity contribution >= 4 is 17.4 Å². The number of aryl methyl sites for hydroxylation is 1. The number of nitro benzene ring substituents is 1. The first-order chi connectivity index (χ1) is 17.4. The van der Waals surface area contributed by atoms with Crippen LogP contribution < -0.4 is 20.3 Å². The van der Waals surface area contributed by atoms with Crippen molar-refractivity contribution in [1.82, 2.24) is 19.7 Å². The molecule has 184 valence electrons. The molecular weight excluding hydrogens is 472 g/mol. The summed E-state index contributed by atoms with van der Waals surface area (Å²) in [6, 6.07) is 7.19. The molecule has 2 N–H and O–H groups in total. The molecule has 1 aliphatic rings. The molecule has 0 unspecified atom stereocenters. The number of furan rings is 1. The van der Waals surface area contributed by atoms with E-state index in [1.54, 1.807) is 12.1 Å². The quantitative estimate of drug-likeness (QED) is 0.291. The molecule has 0 saturated carbocycles. The lowest BCUT2D eigenvalue weighted by Crippen LogP contribution is -2.21. The Labute approximate surface area is 202 Å². The lowest BCUT2D eigenvalue weighted by molar-refractivity contribution is -0.385. The third-order valence-electron chi connectivity index (χ3n) is 5.80. The zero-order chi connectivity index (χ0) is 25.4. The van der Waals surface area contributed by atoms with Gasteiger partial charge in [-0.25, -0.2) is 4.98 Å². The fourth-order valence-electron chi connectivity index (χ4n) is 4.09. The molecule has 1 amide bonds. The third kappa shape index (κ3) is 3.96. The van der Waals surface area contributed by atoms with Crippen LogP contribution in [0, 0.1) is 10.1 Å². The van der Waals surface area contributed by atoms with Gasteiger partial charge >= 0.3 is 0 Å². The molecular formula is C23H20N6O7. The number of fused-ring (bicyclic) bond motifs is 1. The van der Waals surface area contributed by atoms with Gasteiger partial charge in [-0.05, 0) is 31.4 Å². The van der Waals surface area contributed by atoms with Crippen LogP contribution in [0.4, 0.5) is 11.5 Å². The van der Waals surface area contributed by atoms with Crippen molar-refractivity contribution in [3.05, 3.63) is 73.9 Å².